The normalized spacial score (nSPS) is 21.9. The number of thiazole rings is 1. The molecule has 0 amide bonds. The van der Waals surface area contributed by atoms with Crippen molar-refractivity contribution in [2.24, 2.45) is 5.41 Å². The first-order valence-corrected chi connectivity index (χ1v) is 15.3. The van der Waals surface area contributed by atoms with Crippen LogP contribution in [0, 0.1) is 19.3 Å². The third-order valence-electron chi connectivity index (χ3n) is 8.85. The highest BCUT2D eigenvalue weighted by molar-refractivity contribution is 7.14. The van der Waals surface area contributed by atoms with Crippen LogP contribution in [0.15, 0.2) is 35.7 Å². The summed E-state index contributed by atoms with van der Waals surface area (Å²) in [7, 11) is 0. The van der Waals surface area contributed by atoms with Gasteiger partial charge in [0.25, 0.3) is 0 Å². The van der Waals surface area contributed by atoms with Crippen molar-refractivity contribution in [2.45, 2.75) is 65.6 Å². The molecule has 2 saturated heterocycles. The largest absolute Gasteiger partial charge is 0.488 e. The molecule has 0 saturated carbocycles. The Bertz CT molecular complexity index is 1400. The van der Waals surface area contributed by atoms with Gasteiger partial charge >= 0.3 is 5.97 Å². The number of hydrogen-bond acceptors (Lipinski definition) is 7. The van der Waals surface area contributed by atoms with Crippen molar-refractivity contribution in [1.82, 2.24) is 9.88 Å². The van der Waals surface area contributed by atoms with Crippen LogP contribution >= 0.6 is 11.3 Å². The predicted octanol–water partition coefficient (Wildman–Crippen LogP) is 5.84. The highest BCUT2D eigenvalue weighted by Gasteiger charge is 2.41. The fourth-order valence-corrected chi connectivity index (χ4v) is 7.26. The Labute approximate surface area is 240 Å². The zero-order valence-corrected chi connectivity index (χ0v) is 24.6. The number of carboxylic acids is 1. The highest BCUT2D eigenvalue weighted by atomic mass is 32.1. The zero-order chi connectivity index (χ0) is 27.9. The van der Waals surface area contributed by atoms with Crippen LogP contribution in [0.1, 0.15) is 54.0 Å². The maximum Gasteiger partial charge on any atom is 0.311 e. The molecule has 0 radical (unpaired) electrons. The summed E-state index contributed by atoms with van der Waals surface area (Å²) in [6, 6.07) is 11.8. The average molecular weight is 562 g/mol. The molecule has 4 heterocycles. The molecule has 40 heavy (non-hydrogen) atoms. The first-order chi connectivity index (χ1) is 19.3. The average Bonchev–Trinajstić information content (AvgIpc) is 3.60. The fraction of sp³-hybridized carbons (Fsp3) is 0.500. The highest BCUT2D eigenvalue weighted by Crippen LogP contribution is 2.40. The van der Waals surface area contributed by atoms with Crippen LogP contribution < -0.4 is 9.64 Å². The number of aryl methyl sites for hydroxylation is 2. The standard InChI is InChI=1S/C32H39N3O4S/c1-21-14-22(2)29(27(15-21)28-19-40-31(33-28)35-11-9-32(3,20-35)30(36)37)39-18-23-4-5-25-17-34(10-6-24(25)16-23)26-7-12-38-13-8-26/h4-5,14-16,19,26H,6-13,17-18,20H2,1-3H3,(H,36,37)/t32-/m1/s1. The number of benzene rings is 2. The first-order valence-electron chi connectivity index (χ1n) is 14.4. The molecule has 3 aliphatic rings. The molecule has 212 valence electrons. The summed E-state index contributed by atoms with van der Waals surface area (Å²) in [5.74, 6) is 0.123. The van der Waals surface area contributed by atoms with Gasteiger partial charge in [-0.2, -0.15) is 0 Å². The number of carbonyl (C=O) groups is 1. The number of rotatable bonds is 7. The number of nitrogens with zero attached hydrogens (tertiary/aromatic N) is 3. The zero-order valence-electron chi connectivity index (χ0n) is 23.7. The monoisotopic (exact) mass is 561 g/mol. The van der Waals surface area contributed by atoms with Gasteiger partial charge in [0.2, 0.25) is 0 Å². The first kappa shape index (κ1) is 27.2. The summed E-state index contributed by atoms with van der Waals surface area (Å²) in [4.78, 5) is 21.4. The molecule has 8 heteroatoms. The van der Waals surface area contributed by atoms with E-state index in [0.717, 1.165) is 78.8 Å². The molecular weight excluding hydrogens is 522 g/mol. The van der Waals surface area contributed by atoms with Gasteiger partial charge < -0.3 is 19.5 Å². The molecule has 1 aromatic heterocycles. The maximum absolute atomic E-state index is 11.7. The quantitative estimate of drug-likeness (QED) is 0.388. The summed E-state index contributed by atoms with van der Waals surface area (Å²) >= 11 is 1.57. The van der Waals surface area contributed by atoms with Gasteiger partial charge in [-0.1, -0.05) is 24.3 Å². The summed E-state index contributed by atoms with van der Waals surface area (Å²) < 4.78 is 12.1. The molecule has 3 aromatic rings. The van der Waals surface area contributed by atoms with Crippen molar-refractivity contribution in [2.75, 3.05) is 37.7 Å². The molecule has 1 N–H and O–H groups in total. The molecule has 2 fully saturated rings. The van der Waals surface area contributed by atoms with Crippen LogP contribution in [-0.4, -0.2) is 59.8 Å². The van der Waals surface area contributed by atoms with Crippen LogP contribution in [-0.2, 0) is 29.1 Å². The van der Waals surface area contributed by atoms with Crippen molar-refractivity contribution in [3.8, 4) is 17.0 Å². The van der Waals surface area contributed by atoms with E-state index in [0.29, 0.717) is 32.2 Å². The van der Waals surface area contributed by atoms with Crippen LogP contribution in [0.5, 0.6) is 5.75 Å². The fourth-order valence-electron chi connectivity index (χ4n) is 6.40. The second-order valence-electron chi connectivity index (χ2n) is 12.0. The van der Waals surface area contributed by atoms with Gasteiger partial charge in [0.05, 0.1) is 11.1 Å². The van der Waals surface area contributed by atoms with Gasteiger partial charge in [-0.15, -0.1) is 11.3 Å². The van der Waals surface area contributed by atoms with E-state index in [1.165, 1.54) is 16.7 Å². The van der Waals surface area contributed by atoms with E-state index in [1.54, 1.807) is 11.3 Å². The van der Waals surface area contributed by atoms with Gasteiger partial charge in [-0.05, 0) is 80.3 Å². The minimum Gasteiger partial charge on any atom is -0.488 e. The van der Waals surface area contributed by atoms with Gasteiger partial charge in [0.1, 0.15) is 12.4 Å². The van der Waals surface area contributed by atoms with E-state index >= 15 is 0 Å². The second kappa shape index (κ2) is 11.1. The lowest BCUT2D eigenvalue weighted by molar-refractivity contribution is -0.146. The van der Waals surface area contributed by atoms with Crippen molar-refractivity contribution in [1.29, 1.82) is 0 Å². The molecule has 7 nitrogen and oxygen atoms in total. The van der Waals surface area contributed by atoms with E-state index in [1.807, 2.05) is 6.92 Å². The molecule has 2 aromatic carbocycles. The lowest BCUT2D eigenvalue weighted by Gasteiger charge is -2.37. The number of aliphatic carboxylic acids is 1. The smallest absolute Gasteiger partial charge is 0.311 e. The molecule has 3 aliphatic heterocycles. The van der Waals surface area contributed by atoms with E-state index in [-0.39, 0.29) is 0 Å². The van der Waals surface area contributed by atoms with Gasteiger partial charge in [-0.3, -0.25) is 9.69 Å². The Morgan fingerprint density at radius 3 is 2.77 bits per heavy atom. The van der Waals surface area contributed by atoms with E-state index < -0.39 is 11.4 Å². The van der Waals surface area contributed by atoms with Crippen LogP contribution in [0.2, 0.25) is 0 Å². The SMILES string of the molecule is Cc1cc(C)c(OCc2ccc3c(c2)CCN(C2CCOCC2)C3)c(-c2csc(N3CC[C@@](C)(C(=O)O)C3)n2)c1. The number of hydrogen-bond donors (Lipinski definition) is 1. The number of carboxylic acid groups (broad SMARTS) is 1. The maximum atomic E-state index is 11.7. The number of aromatic nitrogens is 1. The summed E-state index contributed by atoms with van der Waals surface area (Å²) in [5, 5.41) is 12.6. The number of anilines is 1. The van der Waals surface area contributed by atoms with E-state index in [9.17, 15) is 9.90 Å². The molecule has 1 atom stereocenters. The summed E-state index contributed by atoms with van der Waals surface area (Å²) in [6.45, 7) is 11.6. The Balaban J connectivity index is 1.17. The van der Waals surface area contributed by atoms with Crippen molar-refractivity contribution in [3.63, 3.8) is 0 Å². The third kappa shape index (κ3) is 5.49. The summed E-state index contributed by atoms with van der Waals surface area (Å²) in [6.07, 6.45) is 3.98. The molecule has 6 rings (SSSR count). The molecule has 0 bridgehead atoms. The van der Waals surface area contributed by atoms with Gasteiger partial charge in [0.15, 0.2) is 5.13 Å². The molecule has 0 unspecified atom stereocenters. The molecular formula is C32H39N3O4S. The minimum atomic E-state index is -0.740. The Morgan fingerprint density at radius 1 is 1.18 bits per heavy atom. The van der Waals surface area contributed by atoms with Crippen LogP contribution in [0.3, 0.4) is 0 Å². The third-order valence-corrected chi connectivity index (χ3v) is 9.75. The van der Waals surface area contributed by atoms with E-state index in [2.05, 4.69) is 59.4 Å². The number of fused-ring (bicyclic) bond motifs is 1. The van der Waals surface area contributed by atoms with Gasteiger partial charge in [-0.25, -0.2) is 4.98 Å². The van der Waals surface area contributed by atoms with Crippen molar-refractivity contribution < 1.29 is 19.4 Å². The predicted molar refractivity (Wildman–Crippen MR) is 158 cm³/mol. The van der Waals surface area contributed by atoms with Gasteiger partial charge in [0, 0.05) is 56.4 Å². The van der Waals surface area contributed by atoms with Crippen molar-refractivity contribution in [3.05, 3.63) is 63.5 Å². The number of ether oxygens (including phenoxy) is 2. The van der Waals surface area contributed by atoms with E-state index in [4.69, 9.17) is 14.5 Å². The van der Waals surface area contributed by atoms with Crippen LogP contribution in [0.25, 0.3) is 11.3 Å². The molecule has 0 spiro atoms. The summed E-state index contributed by atoms with van der Waals surface area (Å²) in [5.41, 5.74) is 7.46. The Hall–Kier alpha value is -2.94. The Morgan fingerprint density at radius 2 is 2.00 bits per heavy atom. The van der Waals surface area contributed by atoms with Crippen LogP contribution in [0.4, 0.5) is 5.13 Å². The van der Waals surface area contributed by atoms with Crippen molar-refractivity contribution >= 4 is 22.4 Å². The lowest BCUT2D eigenvalue weighted by Crippen LogP contribution is -2.42. The topological polar surface area (TPSA) is 75.1 Å². The lowest BCUT2D eigenvalue weighted by atomic mass is 9.90. The second-order valence-corrected chi connectivity index (χ2v) is 12.8. The minimum absolute atomic E-state index is 0.483. The molecule has 0 aliphatic carbocycles. The Kier molecular flexibility index (Phi) is 7.59.